The van der Waals surface area contributed by atoms with Gasteiger partial charge in [0.1, 0.15) is 30.1 Å². The van der Waals surface area contributed by atoms with Gasteiger partial charge in [-0.15, -0.1) is 0 Å². The molecule has 11 nitrogen and oxygen atoms in total. The Morgan fingerprint density at radius 2 is 1.77 bits per heavy atom. The highest BCUT2D eigenvalue weighted by molar-refractivity contribution is 5.82. The topological polar surface area (TPSA) is 122 Å². The Morgan fingerprint density at radius 3 is 2.38 bits per heavy atom. The zero-order valence-electron chi connectivity index (χ0n) is 24.4. The van der Waals surface area contributed by atoms with Crippen molar-refractivity contribution < 1.29 is 42.8 Å². The summed E-state index contributed by atoms with van der Waals surface area (Å²) in [5.41, 5.74) is 0.189. The number of alkyl carbamates (subject to hydrolysis) is 1. The molecule has 1 aliphatic rings. The molecule has 220 valence electrons. The summed E-state index contributed by atoms with van der Waals surface area (Å²) in [6.45, 7) is 13.8. The molecule has 1 aromatic rings. The summed E-state index contributed by atoms with van der Waals surface area (Å²) >= 11 is 0. The smallest absolute Gasteiger partial charge is 0.413 e. The van der Waals surface area contributed by atoms with Gasteiger partial charge in [0.15, 0.2) is 0 Å². The number of esters is 1. The van der Waals surface area contributed by atoms with E-state index in [0.29, 0.717) is 25.5 Å². The van der Waals surface area contributed by atoms with Crippen LogP contribution >= 0.6 is 0 Å². The van der Waals surface area contributed by atoms with E-state index in [1.165, 1.54) is 4.90 Å². The Morgan fingerprint density at radius 1 is 1.08 bits per heavy atom. The highest BCUT2D eigenvalue weighted by Crippen LogP contribution is 2.20. The van der Waals surface area contributed by atoms with Crippen LogP contribution in [0.5, 0.6) is 5.75 Å². The van der Waals surface area contributed by atoms with E-state index in [1.54, 1.807) is 55.6 Å². The first-order chi connectivity index (χ1) is 18.3. The number of amides is 2. The third-order valence-corrected chi connectivity index (χ3v) is 5.68. The van der Waals surface area contributed by atoms with Crippen LogP contribution < -0.4 is 10.1 Å². The number of morpholine rings is 1. The third-order valence-electron chi connectivity index (χ3n) is 5.68. The maximum atomic E-state index is 13.0. The lowest BCUT2D eigenvalue weighted by Gasteiger charge is -2.34. The fourth-order valence-electron chi connectivity index (χ4n) is 3.68. The van der Waals surface area contributed by atoms with Gasteiger partial charge in [-0.3, -0.25) is 0 Å². The number of hydrogen-bond acceptors (Lipinski definition) is 9. The van der Waals surface area contributed by atoms with Crippen molar-refractivity contribution in [3.8, 4) is 5.75 Å². The van der Waals surface area contributed by atoms with Crippen LogP contribution in [0.1, 0.15) is 54.0 Å². The van der Waals surface area contributed by atoms with Crippen molar-refractivity contribution in [1.29, 1.82) is 0 Å². The van der Waals surface area contributed by atoms with Gasteiger partial charge in [-0.1, -0.05) is 45.9 Å². The zero-order valence-corrected chi connectivity index (χ0v) is 24.4. The number of carbonyl (C=O) groups is 3. The van der Waals surface area contributed by atoms with Crippen molar-refractivity contribution in [2.24, 2.45) is 11.8 Å². The first-order valence-electron chi connectivity index (χ1n) is 13.3. The van der Waals surface area contributed by atoms with E-state index in [1.807, 2.05) is 24.3 Å². The van der Waals surface area contributed by atoms with E-state index in [2.05, 4.69) is 5.32 Å². The normalized spacial score (nSPS) is 17.4. The first kappa shape index (κ1) is 32.2. The number of benzene rings is 1. The molecule has 0 radical (unpaired) electrons. The standard InChI is InChI=1S/C28H44N2O9/c1-18(2)23(29-26(32)39-28(5,6)7)24(31)37-25(19(3)4)38-27(33)30-13-14-35-21(15-30)17-36-22-12-10-9-11-20(22)16-34-8/h9-12,18-19,21,23,25H,13-17H2,1-8H3,(H,29,32)/t21?,23-,25?/m1/s1. The Balaban J connectivity index is 1.96. The predicted molar refractivity (Wildman–Crippen MR) is 143 cm³/mol. The fraction of sp³-hybridized carbons (Fsp3) is 0.679. The molecule has 39 heavy (non-hydrogen) atoms. The van der Waals surface area contributed by atoms with Crippen LogP contribution in [0.3, 0.4) is 0 Å². The molecule has 1 saturated heterocycles. The number of nitrogens with one attached hydrogen (secondary N) is 1. The molecule has 0 spiro atoms. The molecule has 1 aromatic carbocycles. The van der Waals surface area contributed by atoms with Crippen molar-refractivity contribution in [2.45, 2.75) is 79.1 Å². The molecule has 2 amide bonds. The molecule has 0 bridgehead atoms. The second-order valence-corrected chi connectivity index (χ2v) is 11.1. The van der Waals surface area contributed by atoms with Crippen LogP contribution in [0.25, 0.3) is 0 Å². The third kappa shape index (κ3) is 10.9. The van der Waals surface area contributed by atoms with Crippen molar-refractivity contribution in [3.63, 3.8) is 0 Å². The maximum Gasteiger partial charge on any atom is 0.413 e. The Bertz CT molecular complexity index is 945. The summed E-state index contributed by atoms with van der Waals surface area (Å²) in [5.74, 6) is -0.647. The average molecular weight is 553 g/mol. The molecule has 2 rings (SSSR count). The molecular weight excluding hydrogens is 508 g/mol. The first-order valence-corrected chi connectivity index (χ1v) is 13.3. The van der Waals surface area contributed by atoms with Gasteiger partial charge in [-0.25, -0.2) is 14.4 Å². The van der Waals surface area contributed by atoms with Crippen molar-refractivity contribution in [1.82, 2.24) is 10.2 Å². The van der Waals surface area contributed by atoms with Crippen LogP contribution in [0.15, 0.2) is 24.3 Å². The van der Waals surface area contributed by atoms with E-state index in [9.17, 15) is 14.4 Å². The van der Waals surface area contributed by atoms with Gasteiger partial charge in [0, 0.05) is 25.1 Å². The van der Waals surface area contributed by atoms with E-state index in [4.69, 9.17) is 28.4 Å². The molecule has 3 atom stereocenters. The zero-order chi connectivity index (χ0) is 29.2. The highest BCUT2D eigenvalue weighted by atomic mass is 16.7. The summed E-state index contributed by atoms with van der Waals surface area (Å²) in [5, 5.41) is 2.55. The molecule has 1 aliphatic heterocycles. The summed E-state index contributed by atoms with van der Waals surface area (Å²) in [6, 6.07) is 6.58. The van der Waals surface area contributed by atoms with Gasteiger partial charge in [0.2, 0.25) is 0 Å². The second-order valence-electron chi connectivity index (χ2n) is 11.1. The van der Waals surface area contributed by atoms with Crippen molar-refractivity contribution in [2.75, 3.05) is 33.4 Å². The number of methoxy groups -OCH3 is 1. The minimum atomic E-state index is -1.15. The lowest BCUT2D eigenvalue weighted by Crippen LogP contribution is -2.50. The van der Waals surface area contributed by atoms with Gasteiger partial charge < -0.3 is 38.6 Å². The Hall–Kier alpha value is -3.05. The minimum Gasteiger partial charge on any atom is -0.490 e. The van der Waals surface area contributed by atoms with Crippen LogP contribution in [0.2, 0.25) is 0 Å². The number of nitrogens with zero attached hydrogens (tertiary/aromatic N) is 1. The largest absolute Gasteiger partial charge is 0.490 e. The van der Waals surface area contributed by atoms with E-state index in [-0.39, 0.29) is 31.1 Å². The van der Waals surface area contributed by atoms with Crippen molar-refractivity contribution >= 4 is 18.2 Å². The van der Waals surface area contributed by atoms with Crippen LogP contribution in [-0.4, -0.2) is 80.5 Å². The number of hydrogen-bond donors (Lipinski definition) is 1. The van der Waals surface area contributed by atoms with Crippen LogP contribution in [-0.2, 0) is 35.1 Å². The van der Waals surface area contributed by atoms with Crippen molar-refractivity contribution in [3.05, 3.63) is 29.8 Å². The summed E-state index contributed by atoms with van der Waals surface area (Å²) < 4.78 is 33.3. The fourth-order valence-corrected chi connectivity index (χ4v) is 3.68. The minimum absolute atomic E-state index is 0.236. The van der Waals surface area contributed by atoms with Gasteiger partial charge in [0.05, 0.1) is 19.8 Å². The number of ether oxygens (including phenoxy) is 6. The molecule has 0 saturated carbocycles. The maximum absolute atomic E-state index is 13.0. The summed E-state index contributed by atoms with van der Waals surface area (Å²) in [6.07, 6.45) is -2.88. The Labute approximate surface area is 231 Å². The van der Waals surface area contributed by atoms with Gasteiger partial charge in [-0.05, 0) is 32.8 Å². The van der Waals surface area contributed by atoms with E-state index >= 15 is 0 Å². The quantitative estimate of drug-likeness (QED) is 0.319. The lowest BCUT2D eigenvalue weighted by atomic mass is 10.0. The highest BCUT2D eigenvalue weighted by Gasteiger charge is 2.34. The summed E-state index contributed by atoms with van der Waals surface area (Å²) in [7, 11) is 1.62. The van der Waals surface area contributed by atoms with E-state index < -0.39 is 36.1 Å². The number of rotatable bonds is 11. The average Bonchev–Trinajstić information content (AvgIpc) is 2.85. The van der Waals surface area contributed by atoms with Gasteiger partial charge >= 0.3 is 18.2 Å². The molecule has 2 unspecified atom stereocenters. The second kappa shape index (κ2) is 14.9. The van der Waals surface area contributed by atoms with Crippen LogP contribution in [0, 0.1) is 11.8 Å². The molecule has 0 aromatic heterocycles. The molecule has 0 aliphatic carbocycles. The summed E-state index contributed by atoms with van der Waals surface area (Å²) in [4.78, 5) is 39.7. The predicted octanol–water partition coefficient (Wildman–Crippen LogP) is 4.12. The molecule has 1 fully saturated rings. The lowest BCUT2D eigenvalue weighted by molar-refractivity contribution is -0.181. The molecular formula is C28H44N2O9. The van der Waals surface area contributed by atoms with E-state index in [0.717, 1.165) is 5.56 Å². The van der Waals surface area contributed by atoms with Gasteiger partial charge in [-0.2, -0.15) is 0 Å². The number of carbonyl (C=O) groups excluding carboxylic acids is 3. The monoisotopic (exact) mass is 552 g/mol. The SMILES string of the molecule is COCc1ccccc1OCC1CN(C(=O)OC(OC(=O)[C@H](NC(=O)OC(C)(C)C)C(C)C)C(C)C)CCO1. The Kier molecular flexibility index (Phi) is 12.3. The van der Waals surface area contributed by atoms with Gasteiger partial charge in [0.25, 0.3) is 6.29 Å². The molecule has 1 heterocycles. The molecule has 11 heteroatoms. The molecule has 1 N–H and O–H groups in total. The number of para-hydroxylation sites is 1. The van der Waals surface area contributed by atoms with Crippen LogP contribution in [0.4, 0.5) is 9.59 Å².